The highest BCUT2D eigenvalue weighted by Crippen LogP contribution is 2.21. The molecule has 0 aliphatic carbocycles. The van der Waals surface area contributed by atoms with Crippen LogP contribution in [0.1, 0.15) is 28.4 Å². The SMILES string of the molecule is Cc1ccccc1O[C@H](C)C(=O)Nc1cccc(C(N)=O)c1C. The molecule has 23 heavy (non-hydrogen) atoms. The van der Waals surface area contributed by atoms with Gasteiger partial charge >= 0.3 is 0 Å². The molecule has 120 valence electrons. The monoisotopic (exact) mass is 312 g/mol. The van der Waals surface area contributed by atoms with Crippen molar-refractivity contribution in [3.8, 4) is 5.75 Å². The molecule has 2 rings (SSSR count). The maximum absolute atomic E-state index is 12.3. The summed E-state index contributed by atoms with van der Waals surface area (Å²) >= 11 is 0. The molecule has 0 unspecified atom stereocenters. The molecule has 0 aromatic heterocycles. The van der Waals surface area contributed by atoms with Gasteiger partial charge in [-0.15, -0.1) is 0 Å². The van der Waals surface area contributed by atoms with Gasteiger partial charge in [0, 0.05) is 11.3 Å². The smallest absolute Gasteiger partial charge is 0.265 e. The van der Waals surface area contributed by atoms with Gasteiger partial charge in [0.15, 0.2) is 6.10 Å². The molecular formula is C18H20N2O3. The summed E-state index contributed by atoms with van der Waals surface area (Å²) in [6.07, 6.45) is -0.673. The van der Waals surface area contributed by atoms with Crippen molar-refractivity contribution >= 4 is 17.5 Å². The van der Waals surface area contributed by atoms with Gasteiger partial charge in [-0.05, 0) is 50.1 Å². The van der Waals surface area contributed by atoms with E-state index < -0.39 is 12.0 Å². The summed E-state index contributed by atoms with van der Waals surface area (Å²) in [5.74, 6) is -0.154. The number of carbonyl (C=O) groups is 2. The molecule has 2 aromatic rings. The van der Waals surface area contributed by atoms with Crippen LogP contribution in [0.4, 0.5) is 5.69 Å². The van der Waals surface area contributed by atoms with E-state index in [1.54, 1.807) is 32.0 Å². The van der Waals surface area contributed by atoms with Crippen LogP contribution in [0.25, 0.3) is 0 Å². The molecule has 0 heterocycles. The predicted molar refractivity (Wildman–Crippen MR) is 89.6 cm³/mol. The molecule has 0 saturated carbocycles. The molecule has 1 atom stereocenters. The molecule has 0 saturated heterocycles. The standard InChI is InChI=1S/C18H20N2O3/c1-11-7-4-5-10-16(11)23-13(3)18(22)20-15-9-6-8-14(12(15)2)17(19)21/h4-10,13H,1-3H3,(H2,19,21)(H,20,22)/t13-/m1/s1. The molecule has 0 fully saturated rings. The quantitative estimate of drug-likeness (QED) is 0.890. The number of hydrogen-bond donors (Lipinski definition) is 2. The summed E-state index contributed by atoms with van der Waals surface area (Å²) in [6, 6.07) is 12.5. The molecule has 3 N–H and O–H groups in total. The molecule has 0 aliphatic heterocycles. The zero-order valence-corrected chi connectivity index (χ0v) is 13.4. The summed E-state index contributed by atoms with van der Waals surface area (Å²) < 4.78 is 5.69. The van der Waals surface area contributed by atoms with Crippen LogP contribution < -0.4 is 15.8 Å². The van der Waals surface area contributed by atoms with Crippen molar-refractivity contribution in [3.63, 3.8) is 0 Å². The van der Waals surface area contributed by atoms with Gasteiger partial charge < -0.3 is 15.8 Å². The number of ether oxygens (including phenoxy) is 1. The number of primary amides is 1. The molecule has 5 heteroatoms. The average Bonchev–Trinajstić information content (AvgIpc) is 2.51. The van der Waals surface area contributed by atoms with E-state index in [-0.39, 0.29) is 5.91 Å². The van der Waals surface area contributed by atoms with Crippen molar-refractivity contribution in [2.75, 3.05) is 5.32 Å². The van der Waals surface area contributed by atoms with Crippen molar-refractivity contribution in [1.82, 2.24) is 0 Å². The summed E-state index contributed by atoms with van der Waals surface area (Å²) in [6.45, 7) is 5.33. The van der Waals surface area contributed by atoms with E-state index in [9.17, 15) is 9.59 Å². The van der Waals surface area contributed by atoms with Gasteiger partial charge in [-0.25, -0.2) is 0 Å². The highest BCUT2D eigenvalue weighted by Gasteiger charge is 2.17. The molecule has 0 aliphatic rings. The number of nitrogens with one attached hydrogen (secondary N) is 1. The Bertz CT molecular complexity index is 741. The van der Waals surface area contributed by atoms with Gasteiger partial charge in [0.2, 0.25) is 5.91 Å². The Morgan fingerprint density at radius 1 is 1.09 bits per heavy atom. The topological polar surface area (TPSA) is 81.4 Å². The van der Waals surface area contributed by atoms with E-state index in [0.717, 1.165) is 5.56 Å². The number of para-hydroxylation sites is 1. The van der Waals surface area contributed by atoms with Crippen LogP contribution in [0.5, 0.6) is 5.75 Å². The van der Waals surface area contributed by atoms with E-state index >= 15 is 0 Å². The number of amides is 2. The lowest BCUT2D eigenvalue weighted by molar-refractivity contribution is -0.122. The third kappa shape index (κ3) is 3.88. The first kappa shape index (κ1) is 16.5. The molecule has 0 spiro atoms. The van der Waals surface area contributed by atoms with Gasteiger partial charge in [0.25, 0.3) is 5.91 Å². The Hall–Kier alpha value is -2.82. The second kappa shape index (κ2) is 6.96. The van der Waals surface area contributed by atoms with E-state index in [0.29, 0.717) is 22.6 Å². The first-order valence-electron chi connectivity index (χ1n) is 7.32. The summed E-state index contributed by atoms with van der Waals surface area (Å²) in [5, 5.41) is 2.77. The Morgan fingerprint density at radius 2 is 1.78 bits per heavy atom. The van der Waals surface area contributed by atoms with Crippen LogP contribution in [0.2, 0.25) is 0 Å². The number of benzene rings is 2. The molecule has 5 nitrogen and oxygen atoms in total. The molecule has 2 aromatic carbocycles. The van der Waals surface area contributed by atoms with Crippen LogP contribution in [0.15, 0.2) is 42.5 Å². The van der Waals surface area contributed by atoms with Crippen molar-refractivity contribution in [1.29, 1.82) is 0 Å². The average molecular weight is 312 g/mol. The van der Waals surface area contributed by atoms with Gasteiger partial charge in [0.05, 0.1) is 0 Å². The van der Waals surface area contributed by atoms with Crippen molar-refractivity contribution < 1.29 is 14.3 Å². The second-order valence-corrected chi connectivity index (χ2v) is 5.36. The number of nitrogens with two attached hydrogens (primary N) is 1. The normalized spacial score (nSPS) is 11.6. The lowest BCUT2D eigenvalue weighted by Crippen LogP contribution is -2.30. The van der Waals surface area contributed by atoms with E-state index in [4.69, 9.17) is 10.5 Å². The molecular weight excluding hydrogens is 292 g/mol. The third-order valence-electron chi connectivity index (χ3n) is 3.62. The lowest BCUT2D eigenvalue weighted by atomic mass is 10.1. The number of aryl methyl sites for hydroxylation is 1. The van der Waals surface area contributed by atoms with Crippen LogP contribution in [0.3, 0.4) is 0 Å². The number of hydrogen-bond acceptors (Lipinski definition) is 3. The minimum absolute atomic E-state index is 0.294. The van der Waals surface area contributed by atoms with E-state index in [1.165, 1.54) is 0 Å². The van der Waals surface area contributed by atoms with E-state index in [1.807, 2.05) is 31.2 Å². The van der Waals surface area contributed by atoms with Crippen LogP contribution >= 0.6 is 0 Å². The zero-order valence-electron chi connectivity index (χ0n) is 13.4. The maximum atomic E-state index is 12.3. The predicted octanol–water partition coefficient (Wildman–Crippen LogP) is 2.81. The number of rotatable bonds is 5. The number of carbonyl (C=O) groups excluding carboxylic acids is 2. The number of anilines is 1. The Balaban J connectivity index is 2.12. The minimum atomic E-state index is -0.673. The highest BCUT2D eigenvalue weighted by atomic mass is 16.5. The first-order valence-corrected chi connectivity index (χ1v) is 7.32. The Morgan fingerprint density at radius 3 is 2.43 bits per heavy atom. The molecule has 0 radical (unpaired) electrons. The van der Waals surface area contributed by atoms with Crippen LogP contribution in [0, 0.1) is 13.8 Å². The van der Waals surface area contributed by atoms with E-state index in [2.05, 4.69) is 5.32 Å². The summed E-state index contributed by atoms with van der Waals surface area (Å²) in [7, 11) is 0. The van der Waals surface area contributed by atoms with Gasteiger partial charge in [-0.2, -0.15) is 0 Å². The molecule has 0 bridgehead atoms. The second-order valence-electron chi connectivity index (χ2n) is 5.36. The lowest BCUT2D eigenvalue weighted by Gasteiger charge is -2.17. The fourth-order valence-corrected chi connectivity index (χ4v) is 2.20. The summed E-state index contributed by atoms with van der Waals surface area (Å²) in [5.41, 5.74) is 7.84. The summed E-state index contributed by atoms with van der Waals surface area (Å²) in [4.78, 5) is 23.7. The molecule has 2 amide bonds. The van der Waals surface area contributed by atoms with Crippen LogP contribution in [-0.2, 0) is 4.79 Å². The largest absolute Gasteiger partial charge is 0.481 e. The zero-order chi connectivity index (χ0) is 17.0. The fraction of sp³-hybridized carbons (Fsp3) is 0.222. The van der Waals surface area contributed by atoms with Crippen molar-refractivity contribution in [3.05, 3.63) is 59.2 Å². The maximum Gasteiger partial charge on any atom is 0.265 e. The van der Waals surface area contributed by atoms with Crippen molar-refractivity contribution in [2.24, 2.45) is 5.73 Å². The third-order valence-corrected chi connectivity index (χ3v) is 3.62. The highest BCUT2D eigenvalue weighted by molar-refractivity contribution is 5.99. The fourth-order valence-electron chi connectivity index (χ4n) is 2.20. The Labute approximate surface area is 135 Å². The minimum Gasteiger partial charge on any atom is -0.481 e. The first-order chi connectivity index (χ1) is 10.9. The van der Waals surface area contributed by atoms with Gasteiger partial charge in [0.1, 0.15) is 5.75 Å². The Kier molecular flexibility index (Phi) is 5.01. The van der Waals surface area contributed by atoms with Gasteiger partial charge in [-0.3, -0.25) is 9.59 Å². The van der Waals surface area contributed by atoms with Crippen LogP contribution in [-0.4, -0.2) is 17.9 Å². The van der Waals surface area contributed by atoms with Crippen molar-refractivity contribution in [2.45, 2.75) is 26.9 Å². The van der Waals surface area contributed by atoms with Gasteiger partial charge in [-0.1, -0.05) is 24.3 Å².